The van der Waals surface area contributed by atoms with Crippen molar-refractivity contribution in [2.45, 2.75) is 39.0 Å². The van der Waals surface area contributed by atoms with Crippen molar-refractivity contribution < 1.29 is 27.8 Å². The Morgan fingerprint density at radius 1 is 0.773 bits per heavy atom. The lowest BCUT2D eigenvalue weighted by molar-refractivity contribution is -0.146. The number of allylic oxidation sites excluding steroid dienone is 2. The maximum atomic E-state index is 13.6. The number of esters is 2. The molecule has 4 aromatic rings. The van der Waals surface area contributed by atoms with Crippen molar-refractivity contribution in [2.24, 2.45) is 35.5 Å². The Hall–Kier alpha value is -4.20. The maximum Gasteiger partial charge on any atom is 0.309 e. The predicted octanol–water partition coefficient (Wildman–Crippen LogP) is 7.26. The van der Waals surface area contributed by atoms with E-state index in [0.717, 1.165) is 46.6 Å². The number of carbonyl (C=O) groups excluding carboxylic acids is 2. The number of halogens is 2. The molecule has 2 unspecified atom stereocenters. The van der Waals surface area contributed by atoms with Crippen molar-refractivity contribution in [1.82, 2.24) is 9.97 Å². The fourth-order valence-electron chi connectivity index (χ4n) is 7.79. The molecule has 0 bridgehead atoms. The standard InChI is InChI=1S/C18H18FNO2.C18H16FNO2/c2*1-2-22-18(21)17-14-7-10(8-15(14)17)12-5-6-20-16-4-3-11(19)9-13(12)16/h3-6,9-10,14-15,17H,2,7-8H2,1H3;3-7,9,14-15,17H,2,8H2,1H3/t10?,14-,15+,17?;14-,15+,17+/m.1/s1. The van der Waals surface area contributed by atoms with Gasteiger partial charge < -0.3 is 9.47 Å². The van der Waals surface area contributed by atoms with Crippen molar-refractivity contribution in [3.05, 3.63) is 89.8 Å². The van der Waals surface area contributed by atoms with E-state index in [1.165, 1.54) is 29.3 Å². The summed E-state index contributed by atoms with van der Waals surface area (Å²) < 4.78 is 37.3. The van der Waals surface area contributed by atoms with Gasteiger partial charge in [-0.3, -0.25) is 19.6 Å². The second kappa shape index (κ2) is 11.4. The lowest BCUT2D eigenvalue weighted by Gasteiger charge is -2.16. The van der Waals surface area contributed by atoms with E-state index in [4.69, 9.17) is 9.47 Å². The van der Waals surface area contributed by atoms with Gasteiger partial charge in [0.15, 0.2) is 0 Å². The zero-order valence-corrected chi connectivity index (χ0v) is 24.7. The number of aromatic nitrogens is 2. The van der Waals surface area contributed by atoms with Crippen molar-refractivity contribution in [3.63, 3.8) is 0 Å². The summed E-state index contributed by atoms with van der Waals surface area (Å²) in [5.74, 6) is 1.44. The van der Waals surface area contributed by atoms with Crippen LogP contribution in [0, 0.1) is 47.1 Å². The van der Waals surface area contributed by atoms with E-state index in [1.807, 2.05) is 26.0 Å². The molecular formula is C36H34F2N2O4. The molecule has 7 atom stereocenters. The smallest absolute Gasteiger partial charge is 0.309 e. The molecule has 2 heterocycles. The Balaban J connectivity index is 0.000000142. The predicted molar refractivity (Wildman–Crippen MR) is 162 cm³/mol. The maximum absolute atomic E-state index is 13.6. The number of nitrogens with zero attached hydrogens (tertiary/aromatic N) is 2. The van der Waals surface area contributed by atoms with Gasteiger partial charge in [-0.15, -0.1) is 0 Å². The van der Waals surface area contributed by atoms with Crippen LogP contribution in [0.4, 0.5) is 8.78 Å². The van der Waals surface area contributed by atoms with Crippen LogP contribution >= 0.6 is 0 Å². The van der Waals surface area contributed by atoms with Gasteiger partial charge in [0.2, 0.25) is 0 Å². The topological polar surface area (TPSA) is 78.4 Å². The highest BCUT2D eigenvalue weighted by Crippen LogP contribution is 2.63. The van der Waals surface area contributed by atoms with E-state index in [2.05, 4.69) is 16.0 Å². The third-order valence-electron chi connectivity index (χ3n) is 9.87. The molecule has 3 saturated carbocycles. The molecule has 8 heteroatoms. The van der Waals surface area contributed by atoms with Gasteiger partial charge in [0, 0.05) is 23.2 Å². The van der Waals surface area contributed by atoms with Crippen LogP contribution < -0.4 is 0 Å². The average Bonchev–Trinajstić information content (AvgIpc) is 3.75. The second-order valence-corrected chi connectivity index (χ2v) is 12.3. The van der Waals surface area contributed by atoms with Crippen LogP contribution in [0.1, 0.15) is 50.2 Å². The normalized spacial score (nSPS) is 27.5. The molecule has 0 amide bonds. The van der Waals surface area contributed by atoms with Crippen LogP contribution in [0.3, 0.4) is 0 Å². The van der Waals surface area contributed by atoms with Gasteiger partial charge >= 0.3 is 11.9 Å². The van der Waals surface area contributed by atoms with Crippen LogP contribution in [-0.2, 0) is 19.1 Å². The van der Waals surface area contributed by atoms with E-state index >= 15 is 0 Å². The lowest BCUT2D eigenvalue weighted by atomic mass is 9.90. The molecule has 8 rings (SSSR count). The van der Waals surface area contributed by atoms with Gasteiger partial charge in [-0.2, -0.15) is 0 Å². The molecule has 6 nitrogen and oxygen atoms in total. The number of benzene rings is 2. The van der Waals surface area contributed by atoms with Gasteiger partial charge in [-0.05, 0) is 128 Å². The minimum atomic E-state index is -0.255. The molecule has 2 aromatic heterocycles. The molecule has 0 saturated heterocycles. The van der Waals surface area contributed by atoms with Crippen LogP contribution in [0.25, 0.3) is 27.4 Å². The Morgan fingerprint density at radius 3 is 1.98 bits per heavy atom. The molecule has 0 radical (unpaired) electrons. The first-order valence-electron chi connectivity index (χ1n) is 15.5. The van der Waals surface area contributed by atoms with Gasteiger partial charge in [0.05, 0.1) is 36.1 Å². The van der Waals surface area contributed by atoms with E-state index in [-0.39, 0.29) is 41.3 Å². The molecule has 4 aliphatic rings. The van der Waals surface area contributed by atoms with Gasteiger partial charge in [-0.25, -0.2) is 8.78 Å². The average molecular weight is 597 g/mol. The Morgan fingerprint density at radius 2 is 1.36 bits per heavy atom. The number of fused-ring (bicyclic) bond motifs is 4. The Labute approximate surface area is 254 Å². The van der Waals surface area contributed by atoms with E-state index < -0.39 is 0 Å². The van der Waals surface area contributed by atoms with Crippen LogP contribution in [0.15, 0.2) is 67.0 Å². The fourth-order valence-corrected chi connectivity index (χ4v) is 7.79. The summed E-state index contributed by atoms with van der Waals surface area (Å²) in [4.78, 5) is 32.2. The lowest BCUT2D eigenvalue weighted by Crippen LogP contribution is -2.12. The quantitative estimate of drug-likeness (QED) is 0.218. The summed E-state index contributed by atoms with van der Waals surface area (Å²) in [5, 5.41) is 1.74. The minimum absolute atomic E-state index is 0.0218. The molecule has 44 heavy (non-hydrogen) atoms. The van der Waals surface area contributed by atoms with Crippen LogP contribution in [0.5, 0.6) is 0 Å². The summed E-state index contributed by atoms with van der Waals surface area (Å²) in [5.41, 5.74) is 5.01. The third kappa shape index (κ3) is 5.14. The molecule has 0 spiro atoms. The number of carbonyl (C=O) groups is 2. The first-order valence-corrected chi connectivity index (χ1v) is 15.5. The van der Waals surface area contributed by atoms with Crippen molar-refractivity contribution in [2.75, 3.05) is 13.2 Å². The molecular weight excluding hydrogens is 562 g/mol. The highest BCUT2D eigenvalue weighted by atomic mass is 19.1. The molecule has 3 fully saturated rings. The highest BCUT2D eigenvalue weighted by Gasteiger charge is 2.60. The molecule has 0 N–H and O–H groups in total. The van der Waals surface area contributed by atoms with Crippen molar-refractivity contribution in [3.8, 4) is 0 Å². The van der Waals surface area contributed by atoms with E-state index in [0.29, 0.717) is 36.9 Å². The first kappa shape index (κ1) is 28.6. The van der Waals surface area contributed by atoms with Gasteiger partial charge in [0.25, 0.3) is 0 Å². The summed E-state index contributed by atoms with van der Waals surface area (Å²) >= 11 is 0. The number of ether oxygens (including phenoxy) is 2. The van der Waals surface area contributed by atoms with Crippen molar-refractivity contribution >= 4 is 39.3 Å². The Bertz CT molecular complexity index is 1790. The van der Waals surface area contributed by atoms with E-state index in [1.54, 1.807) is 30.6 Å². The van der Waals surface area contributed by atoms with Crippen LogP contribution in [0.2, 0.25) is 0 Å². The van der Waals surface area contributed by atoms with Crippen LogP contribution in [-0.4, -0.2) is 35.1 Å². The molecule has 226 valence electrons. The van der Waals surface area contributed by atoms with Gasteiger partial charge in [-0.1, -0.05) is 6.08 Å². The van der Waals surface area contributed by atoms with Gasteiger partial charge in [0.1, 0.15) is 11.6 Å². The number of rotatable bonds is 6. The largest absolute Gasteiger partial charge is 0.466 e. The number of hydrogen-bond acceptors (Lipinski definition) is 6. The van der Waals surface area contributed by atoms with Crippen molar-refractivity contribution in [1.29, 1.82) is 0 Å². The molecule has 4 aliphatic carbocycles. The fraction of sp³-hybridized carbons (Fsp3) is 0.389. The summed E-state index contributed by atoms with van der Waals surface area (Å²) in [6.07, 6.45) is 8.54. The van der Waals surface area contributed by atoms with E-state index in [9.17, 15) is 18.4 Å². The third-order valence-corrected chi connectivity index (χ3v) is 9.87. The SMILES string of the molecule is CCOC(=O)C1[C@H]2CC(c3ccnc4ccc(F)cc34)C[C@@H]12.CCOC(=O)[C@H]1[C@@H]2C=C(c3ccnc4ccc(F)cc34)C[C@@H]21. The summed E-state index contributed by atoms with van der Waals surface area (Å²) in [6.45, 7) is 4.55. The number of pyridine rings is 2. The minimum Gasteiger partial charge on any atom is -0.466 e. The zero-order chi connectivity index (χ0) is 30.5. The second-order valence-electron chi connectivity index (χ2n) is 12.3. The Kier molecular flexibility index (Phi) is 7.39. The monoisotopic (exact) mass is 596 g/mol. The highest BCUT2D eigenvalue weighted by molar-refractivity contribution is 5.93. The first-order chi connectivity index (χ1) is 21.4. The summed E-state index contributed by atoms with van der Waals surface area (Å²) in [7, 11) is 0. The summed E-state index contributed by atoms with van der Waals surface area (Å²) in [6, 6.07) is 13.3. The molecule has 2 aromatic carbocycles. The molecule has 0 aliphatic heterocycles. The zero-order valence-electron chi connectivity index (χ0n) is 24.7. The number of hydrogen-bond donors (Lipinski definition) is 0.